The Hall–Kier alpha value is -2.36. The first-order valence-corrected chi connectivity index (χ1v) is 7.66. The molecule has 0 amide bonds. The molecule has 2 rings (SSSR count). The Morgan fingerprint density at radius 2 is 1.57 bits per heavy atom. The SMILES string of the molecule is Cc1cc(C(C)(C)C)cc(C)c1COc1ccc([N+](=O)[O-])cc1. The average Bonchev–Trinajstić information content (AvgIpc) is 2.45. The van der Waals surface area contributed by atoms with Gasteiger partial charge in [-0.3, -0.25) is 10.1 Å². The lowest BCUT2D eigenvalue weighted by Crippen LogP contribution is -2.13. The summed E-state index contributed by atoms with van der Waals surface area (Å²) in [6.45, 7) is 11.3. The van der Waals surface area contributed by atoms with Crippen LogP contribution < -0.4 is 4.74 Å². The minimum absolute atomic E-state index is 0.0687. The van der Waals surface area contributed by atoms with Gasteiger partial charge in [-0.2, -0.15) is 0 Å². The van der Waals surface area contributed by atoms with E-state index in [-0.39, 0.29) is 11.1 Å². The highest BCUT2D eigenvalue weighted by Crippen LogP contribution is 2.28. The van der Waals surface area contributed by atoms with Gasteiger partial charge in [0.05, 0.1) is 4.92 Å². The molecule has 0 aliphatic rings. The maximum Gasteiger partial charge on any atom is 0.269 e. The third-order valence-corrected chi connectivity index (χ3v) is 3.99. The molecule has 0 saturated heterocycles. The molecule has 0 heterocycles. The number of non-ortho nitro benzene ring substituents is 1. The van der Waals surface area contributed by atoms with Crippen LogP contribution in [0.2, 0.25) is 0 Å². The molecule has 122 valence electrons. The number of nitro groups is 1. The van der Waals surface area contributed by atoms with Crippen LogP contribution in [0, 0.1) is 24.0 Å². The smallest absolute Gasteiger partial charge is 0.269 e. The standard InChI is InChI=1S/C19H23NO3/c1-13-10-15(19(3,4)5)11-14(2)18(13)12-23-17-8-6-16(7-9-17)20(21)22/h6-11H,12H2,1-5H3. The van der Waals surface area contributed by atoms with Crippen molar-refractivity contribution in [3.8, 4) is 5.75 Å². The van der Waals surface area contributed by atoms with Crippen LogP contribution in [0.25, 0.3) is 0 Å². The van der Waals surface area contributed by atoms with Crippen LogP contribution in [-0.2, 0) is 12.0 Å². The molecule has 2 aromatic rings. The zero-order valence-electron chi connectivity index (χ0n) is 14.3. The maximum absolute atomic E-state index is 10.7. The van der Waals surface area contributed by atoms with Crippen LogP contribution in [0.5, 0.6) is 5.75 Å². The van der Waals surface area contributed by atoms with Crippen LogP contribution in [0.1, 0.15) is 43.0 Å². The summed E-state index contributed by atoms with van der Waals surface area (Å²) >= 11 is 0. The van der Waals surface area contributed by atoms with E-state index in [1.165, 1.54) is 28.8 Å². The minimum atomic E-state index is -0.413. The van der Waals surface area contributed by atoms with Crippen LogP contribution in [-0.4, -0.2) is 4.92 Å². The van der Waals surface area contributed by atoms with Gasteiger partial charge in [0.15, 0.2) is 0 Å². The van der Waals surface area contributed by atoms with Gasteiger partial charge in [-0.05, 0) is 53.6 Å². The largest absolute Gasteiger partial charge is 0.489 e. The van der Waals surface area contributed by atoms with Crippen molar-refractivity contribution < 1.29 is 9.66 Å². The van der Waals surface area contributed by atoms with E-state index < -0.39 is 4.92 Å². The quantitative estimate of drug-likeness (QED) is 0.583. The van der Waals surface area contributed by atoms with Crippen LogP contribution in [0.15, 0.2) is 36.4 Å². The first-order chi connectivity index (χ1) is 10.7. The molecule has 4 heteroatoms. The number of benzene rings is 2. The highest BCUT2D eigenvalue weighted by Gasteiger charge is 2.16. The Labute approximate surface area is 137 Å². The summed E-state index contributed by atoms with van der Waals surface area (Å²) in [6.07, 6.45) is 0. The molecule has 2 aromatic carbocycles. The predicted octanol–water partition coefficient (Wildman–Crippen LogP) is 5.09. The van der Waals surface area contributed by atoms with Gasteiger partial charge in [0.1, 0.15) is 12.4 Å². The zero-order chi connectivity index (χ0) is 17.2. The van der Waals surface area contributed by atoms with Crippen molar-refractivity contribution in [2.45, 2.75) is 46.6 Å². The van der Waals surface area contributed by atoms with Crippen molar-refractivity contribution in [3.05, 3.63) is 68.8 Å². The van der Waals surface area contributed by atoms with Gasteiger partial charge < -0.3 is 4.74 Å². The summed E-state index contributed by atoms with van der Waals surface area (Å²) in [6, 6.07) is 10.6. The average molecular weight is 313 g/mol. The molecule has 4 nitrogen and oxygen atoms in total. The molecule has 0 unspecified atom stereocenters. The van der Waals surface area contributed by atoms with Gasteiger partial charge in [0.25, 0.3) is 5.69 Å². The first-order valence-electron chi connectivity index (χ1n) is 7.66. The Bertz CT molecular complexity index is 689. The second-order valence-corrected chi connectivity index (χ2v) is 6.88. The van der Waals surface area contributed by atoms with E-state index in [1.807, 2.05) is 0 Å². The number of hydrogen-bond donors (Lipinski definition) is 0. The Morgan fingerprint density at radius 1 is 1.04 bits per heavy atom. The minimum Gasteiger partial charge on any atom is -0.489 e. The molecular weight excluding hydrogens is 290 g/mol. The number of rotatable bonds is 4. The van der Waals surface area contributed by atoms with E-state index in [4.69, 9.17) is 4.74 Å². The summed E-state index contributed by atoms with van der Waals surface area (Å²) in [7, 11) is 0. The topological polar surface area (TPSA) is 52.4 Å². The van der Waals surface area contributed by atoms with Crippen LogP contribution >= 0.6 is 0 Å². The number of aryl methyl sites for hydroxylation is 2. The van der Waals surface area contributed by atoms with Crippen molar-refractivity contribution in [1.82, 2.24) is 0 Å². The maximum atomic E-state index is 10.7. The van der Waals surface area contributed by atoms with Gasteiger partial charge >= 0.3 is 0 Å². The lowest BCUT2D eigenvalue weighted by atomic mass is 9.84. The van der Waals surface area contributed by atoms with Gasteiger partial charge in [-0.1, -0.05) is 32.9 Å². The van der Waals surface area contributed by atoms with Crippen molar-refractivity contribution in [2.24, 2.45) is 0 Å². The highest BCUT2D eigenvalue weighted by atomic mass is 16.6. The lowest BCUT2D eigenvalue weighted by Gasteiger charge is -2.22. The predicted molar refractivity (Wildman–Crippen MR) is 92.0 cm³/mol. The van der Waals surface area contributed by atoms with Gasteiger partial charge in [0.2, 0.25) is 0 Å². The van der Waals surface area contributed by atoms with Crippen molar-refractivity contribution in [1.29, 1.82) is 0 Å². The molecule has 0 aliphatic carbocycles. The zero-order valence-corrected chi connectivity index (χ0v) is 14.3. The fourth-order valence-corrected chi connectivity index (χ4v) is 2.47. The molecule has 0 atom stereocenters. The number of nitro benzene ring substituents is 1. The van der Waals surface area contributed by atoms with E-state index >= 15 is 0 Å². The number of hydrogen-bond acceptors (Lipinski definition) is 3. The summed E-state index contributed by atoms with van der Waals surface area (Å²) in [5.41, 5.74) is 5.07. The monoisotopic (exact) mass is 313 g/mol. The third-order valence-electron chi connectivity index (χ3n) is 3.99. The first kappa shape index (κ1) is 17.0. The Balaban J connectivity index is 2.16. The molecular formula is C19H23NO3. The molecule has 0 aromatic heterocycles. The highest BCUT2D eigenvalue weighted by molar-refractivity contribution is 5.41. The molecule has 0 bridgehead atoms. The van der Waals surface area contributed by atoms with E-state index in [9.17, 15) is 10.1 Å². The molecule has 0 aliphatic heterocycles. The van der Waals surface area contributed by atoms with Gasteiger partial charge in [-0.15, -0.1) is 0 Å². The number of nitrogens with zero attached hydrogens (tertiary/aromatic N) is 1. The molecule has 0 radical (unpaired) electrons. The molecule has 0 spiro atoms. The fraction of sp³-hybridized carbons (Fsp3) is 0.368. The molecule has 0 N–H and O–H groups in total. The fourth-order valence-electron chi connectivity index (χ4n) is 2.47. The molecule has 23 heavy (non-hydrogen) atoms. The molecule has 0 saturated carbocycles. The summed E-state index contributed by atoms with van der Waals surface area (Å²) in [5, 5.41) is 10.7. The Kier molecular flexibility index (Phi) is 4.73. The number of ether oxygens (including phenoxy) is 1. The van der Waals surface area contributed by atoms with E-state index in [2.05, 4.69) is 46.8 Å². The van der Waals surface area contributed by atoms with E-state index in [0.29, 0.717) is 12.4 Å². The van der Waals surface area contributed by atoms with E-state index in [1.54, 1.807) is 12.1 Å². The molecule has 0 fully saturated rings. The van der Waals surface area contributed by atoms with Crippen molar-refractivity contribution in [2.75, 3.05) is 0 Å². The Morgan fingerprint density at radius 3 is 2.00 bits per heavy atom. The van der Waals surface area contributed by atoms with Crippen molar-refractivity contribution >= 4 is 5.69 Å². The summed E-state index contributed by atoms with van der Waals surface area (Å²) in [4.78, 5) is 10.2. The summed E-state index contributed by atoms with van der Waals surface area (Å²) < 4.78 is 5.79. The van der Waals surface area contributed by atoms with Crippen LogP contribution in [0.4, 0.5) is 5.69 Å². The second-order valence-electron chi connectivity index (χ2n) is 6.88. The third kappa shape index (κ3) is 4.09. The van der Waals surface area contributed by atoms with Crippen LogP contribution in [0.3, 0.4) is 0 Å². The lowest BCUT2D eigenvalue weighted by molar-refractivity contribution is -0.384. The second kappa shape index (κ2) is 6.41. The van der Waals surface area contributed by atoms with Gasteiger partial charge in [0, 0.05) is 12.1 Å². The normalized spacial score (nSPS) is 11.3. The van der Waals surface area contributed by atoms with Crippen molar-refractivity contribution in [3.63, 3.8) is 0 Å². The summed E-state index contributed by atoms with van der Waals surface area (Å²) in [5.74, 6) is 0.634. The van der Waals surface area contributed by atoms with Gasteiger partial charge in [-0.25, -0.2) is 0 Å². The van der Waals surface area contributed by atoms with E-state index in [0.717, 1.165) is 5.56 Å².